The van der Waals surface area contributed by atoms with Gasteiger partial charge in [0, 0.05) is 25.2 Å². The summed E-state index contributed by atoms with van der Waals surface area (Å²) in [4.78, 5) is 17.6. The summed E-state index contributed by atoms with van der Waals surface area (Å²) in [6.07, 6.45) is 2.42. The maximum absolute atomic E-state index is 12.6. The van der Waals surface area contributed by atoms with Crippen molar-refractivity contribution in [1.29, 1.82) is 0 Å². The molecular weight excluding hydrogens is 272 g/mol. The Morgan fingerprint density at radius 1 is 1.60 bits per heavy atom. The number of carbonyl (C=O) groups is 1. The first-order chi connectivity index (χ1) is 9.58. The molecule has 1 amide bonds. The summed E-state index contributed by atoms with van der Waals surface area (Å²) in [5.41, 5.74) is 1.03. The van der Waals surface area contributed by atoms with Crippen LogP contribution in [-0.2, 0) is 0 Å². The van der Waals surface area contributed by atoms with Gasteiger partial charge in [-0.1, -0.05) is 6.92 Å². The zero-order chi connectivity index (χ0) is 14.7. The second kappa shape index (κ2) is 6.59. The number of aryl methyl sites for hydroxylation is 1. The van der Waals surface area contributed by atoms with Gasteiger partial charge in [0.15, 0.2) is 0 Å². The molecule has 1 aliphatic heterocycles. The fourth-order valence-electron chi connectivity index (χ4n) is 2.93. The number of methoxy groups -OCH3 is 1. The van der Waals surface area contributed by atoms with E-state index < -0.39 is 0 Å². The molecule has 0 N–H and O–H groups in total. The summed E-state index contributed by atoms with van der Waals surface area (Å²) >= 11 is 1.47. The number of likely N-dealkylation sites (tertiary alicyclic amines) is 1. The zero-order valence-electron chi connectivity index (χ0n) is 12.8. The first-order valence-corrected chi connectivity index (χ1v) is 8.08. The van der Waals surface area contributed by atoms with Crippen molar-refractivity contribution in [2.75, 3.05) is 33.8 Å². The minimum atomic E-state index is 0.0721. The summed E-state index contributed by atoms with van der Waals surface area (Å²) in [5.74, 6) is 0.800. The predicted molar refractivity (Wildman–Crippen MR) is 82.8 cm³/mol. The minimum Gasteiger partial charge on any atom is -0.495 e. The predicted octanol–water partition coefficient (Wildman–Crippen LogP) is 2.62. The molecule has 0 aromatic carbocycles. The molecule has 1 aliphatic rings. The van der Waals surface area contributed by atoms with Gasteiger partial charge in [-0.05, 0) is 38.2 Å². The Hall–Kier alpha value is -1.07. The SMILES string of the molecule is CCN1CCCC1CN(C)C(=O)c1scc(C)c1OC. The molecule has 0 spiro atoms. The fourth-order valence-corrected chi connectivity index (χ4v) is 3.93. The molecule has 1 saturated heterocycles. The quantitative estimate of drug-likeness (QED) is 0.837. The number of hydrogen-bond donors (Lipinski definition) is 0. The maximum Gasteiger partial charge on any atom is 0.267 e. The molecule has 1 atom stereocenters. The maximum atomic E-state index is 12.6. The summed E-state index contributed by atoms with van der Waals surface area (Å²) in [6.45, 7) is 7.18. The largest absolute Gasteiger partial charge is 0.495 e. The lowest BCUT2D eigenvalue weighted by atomic mass is 10.2. The highest BCUT2D eigenvalue weighted by Gasteiger charge is 2.27. The Morgan fingerprint density at radius 2 is 2.35 bits per heavy atom. The topological polar surface area (TPSA) is 32.8 Å². The summed E-state index contributed by atoms with van der Waals surface area (Å²) < 4.78 is 5.35. The van der Waals surface area contributed by atoms with Crippen LogP contribution in [0.5, 0.6) is 5.75 Å². The summed E-state index contributed by atoms with van der Waals surface area (Å²) in [5, 5.41) is 1.98. The third kappa shape index (κ3) is 2.99. The standard InChI is InChI=1S/C15H24N2O2S/c1-5-17-8-6-7-12(17)9-16(3)15(18)14-13(19-4)11(2)10-20-14/h10,12H,5-9H2,1-4H3. The molecular formula is C15H24N2O2S. The number of thiophene rings is 1. The number of carbonyl (C=O) groups excluding carboxylic acids is 1. The Balaban J connectivity index is 2.05. The zero-order valence-corrected chi connectivity index (χ0v) is 13.6. The normalized spacial score (nSPS) is 19.3. The summed E-state index contributed by atoms with van der Waals surface area (Å²) in [6, 6.07) is 0.501. The lowest BCUT2D eigenvalue weighted by Crippen LogP contribution is -2.41. The van der Waals surface area contributed by atoms with Crippen molar-refractivity contribution in [2.24, 2.45) is 0 Å². The Labute approximate surface area is 125 Å². The van der Waals surface area contributed by atoms with Gasteiger partial charge in [-0.3, -0.25) is 9.69 Å². The molecule has 1 aromatic rings. The molecule has 5 heteroatoms. The van der Waals surface area contributed by atoms with E-state index >= 15 is 0 Å². The molecule has 4 nitrogen and oxygen atoms in total. The Bertz CT molecular complexity index is 472. The van der Waals surface area contributed by atoms with Gasteiger partial charge in [-0.2, -0.15) is 0 Å². The van der Waals surface area contributed by atoms with Crippen LogP contribution in [0.25, 0.3) is 0 Å². The van der Waals surface area contributed by atoms with Crippen molar-refractivity contribution in [3.63, 3.8) is 0 Å². The van der Waals surface area contributed by atoms with Crippen molar-refractivity contribution in [2.45, 2.75) is 32.7 Å². The summed E-state index contributed by atoms with van der Waals surface area (Å²) in [7, 11) is 3.52. The van der Waals surface area contributed by atoms with Crippen LogP contribution in [-0.4, -0.2) is 55.5 Å². The molecule has 2 heterocycles. The smallest absolute Gasteiger partial charge is 0.267 e. The van der Waals surface area contributed by atoms with Crippen LogP contribution >= 0.6 is 11.3 Å². The van der Waals surface area contributed by atoms with E-state index in [1.54, 1.807) is 7.11 Å². The average Bonchev–Trinajstić information content (AvgIpc) is 3.03. The minimum absolute atomic E-state index is 0.0721. The van der Waals surface area contributed by atoms with E-state index in [-0.39, 0.29) is 5.91 Å². The number of nitrogens with zero attached hydrogens (tertiary/aromatic N) is 2. The van der Waals surface area contributed by atoms with E-state index in [4.69, 9.17) is 4.74 Å². The number of rotatable bonds is 5. The van der Waals surface area contributed by atoms with Gasteiger partial charge in [0.1, 0.15) is 10.6 Å². The van der Waals surface area contributed by atoms with Crippen LogP contribution in [0, 0.1) is 6.92 Å². The molecule has 0 bridgehead atoms. The molecule has 2 rings (SSSR count). The first kappa shape index (κ1) is 15.3. The molecule has 1 fully saturated rings. The van der Waals surface area contributed by atoms with E-state index in [1.165, 1.54) is 24.2 Å². The van der Waals surface area contributed by atoms with Crippen LogP contribution in [0.2, 0.25) is 0 Å². The van der Waals surface area contributed by atoms with Crippen LogP contribution in [0.4, 0.5) is 0 Å². The van der Waals surface area contributed by atoms with Gasteiger partial charge in [-0.25, -0.2) is 0 Å². The second-order valence-corrected chi connectivity index (χ2v) is 6.27. The van der Waals surface area contributed by atoms with Gasteiger partial charge >= 0.3 is 0 Å². The van der Waals surface area contributed by atoms with Crippen LogP contribution < -0.4 is 4.74 Å². The van der Waals surface area contributed by atoms with Gasteiger partial charge in [0.05, 0.1) is 7.11 Å². The third-order valence-corrected chi connectivity index (χ3v) is 5.12. The Morgan fingerprint density at radius 3 is 3.00 bits per heavy atom. The van der Waals surface area contributed by atoms with Gasteiger partial charge < -0.3 is 9.64 Å². The average molecular weight is 296 g/mol. The second-order valence-electron chi connectivity index (χ2n) is 5.39. The van der Waals surface area contributed by atoms with Crippen LogP contribution in [0.15, 0.2) is 5.38 Å². The van der Waals surface area contributed by atoms with E-state index in [9.17, 15) is 4.79 Å². The monoisotopic (exact) mass is 296 g/mol. The van der Waals surface area contributed by atoms with E-state index in [1.807, 2.05) is 24.3 Å². The third-order valence-electron chi connectivity index (χ3n) is 4.05. The van der Waals surface area contributed by atoms with Crippen molar-refractivity contribution >= 4 is 17.2 Å². The first-order valence-electron chi connectivity index (χ1n) is 7.20. The van der Waals surface area contributed by atoms with Gasteiger partial charge in [0.25, 0.3) is 5.91 Å². The molecule has 1 aromatic heterocycles. The van der Waals surface area contributed by atoms with Crippen molar-refractivity contribution in [1.82, 2.24) is 9.80 Å². The highest BCUT2D eigenvalue weighted by atomic mass is 32.1. The fraction of sp³-hybridized carbons (Fsp3) is 0.667. The van der Waals surface area contributed by atoms with Crippen molar-refractivity contribution in [3.05, 3.63) is 15.8 Å². The number of amides is 1. The van der Waals surface area contributed by atoms with Crippen LogP contribution in [0.3, 0.4) is 0 Å². The Kier molecular flexibility index (Phi) is 5.05. The molecule has 0 saturated carbocycles. The highest BCUT2D eigenvalue weighted by molar-refractivity contribution is 7.12. The molecule has 20 heavy (non-hydrogen) atoms. The van der Waals surface area contributed by atoms with Crippen LogP contribution in [0.1, 0.15) is 35.0 Å². The van der Waals surface area contributed by atoms with Gasteiger partial charge in [-0.15, -0.1) is 11.3 Å². The lowest BCUT2D eigenvalue weighted by Gasteiger charge is -2.27. The number of hydrogen-bond acceptors (Lipinski definition) is 4. The molecule has 112 valence electrons. The van der Waals surface area contributed by atoms with Crippen molar-refractivity contribution < 1.29 is 9.53 Å². The lowest BCUT2D eigenvalue weighted by molar-refractivity contribution is 0.0756. The molecule has 0 radical (unpaired) electrons. The van der Waals surface area contributed by atoms with E-state index in [0.717, 1.165) is 30.9 Å². The number of likely N-dealkylation sites (N-methyl/N-ethyl adjacent to an activating group) is 2. The highest BCUT2D eigenvalue weighted by Crippen LogP contribution is 2.31. The molecule has 0 aliphatic carbocycles. The van der Waals surface area contributed by atoms with Gasteiger partial charge in [0.2, 0.25) is 0 Å². The molecule has 1 unspecified atom stereocenters. The van der Waals surface area contributed by atoms with E-state index in [2.05, 4.69) is 11.8 Å². The van der Waals surface area contributed by atoms with Crippen molar-refractivity contribution in [3.8, 4) is 5.75 Å². The van der Waals surface area contributed by atoms with E-state index in [0.29, 0.717) is 10.9 Å². The number of ether oxygens (including phenoxy) is 1.